The lowest BCUT2D eigenvalue weighted by molar-refractivity contribution is -0.132. The normalized spacial score (nSPS) is 36.9. The SMILES string of the molecule is Cc1nn(C)cc1C1(O)CC(C)C1C. The summed E-state index contributed by atoms with van der Waals surface area (Å²) in [5.41, 5.74) is 1.33. The highest BCUT2D eigenvalue weighted by Gasteiger charge is 2.50. The molecule has 3 nitrogen and oxygen atoms in total. The maximum absolute atomic E-state index is 10.5. The topological polar surface area (TPSA) is 38.0 Å². The second-order valence-corrected chi connectivity index (χ2v) is 4.70. The van der Waals surface area contributed by atoms with Gasteiger partial charge in [-0.25, -0.2) is 0 Å². The summed E-state index contributed by atoms with van der Waals surface area (Å²) < 4.78 is 1.78. The molecule has 3 heteroatoms. The molecule has 78 valence electrons. The van der Waals surface area contributed by atoms with Gasteiger partial charge < -0.3 is 5.11 Å². The van der Waals surface area contributed by atoms with Gasteiger partial charge in [-0.1, -0.05) is 13.8 Å². The Bertz CT molecular complexity index is 358. The van der Waals surface area contributed by atoms with Crippen LogP contribution < -0.4 is 0 Å². The molecule has 3 atom stereocenters. The van der Waals surface area contributed by atoms with E-state index in [2.05, 4.69) is 18.9 Å². The van der Waals surface area contributed by atoms with Gasteiger partial charge in [-0.15, -0.1) is 0 Å². The van der Waals surface area contributed by atoms with E-state index in [4.69, 9.17) is 0 Å². The van der Waals surface area contributed by atoms with Crippen LogP contribution >= 0.6 is 0 Å². The largest absolute Gasteiger partial charge is 0.385 e. The van der Waals surface area contributed by atoms with Crippen molar-refractivity contribution in [2.45, 2.75) is 32.8 Å². The van der Waals surface area contributed by atoms with Gasteiger partial charge in [-0.3, -0.25) is 4.68 Å². The molecule has 0 aromatic carbocycles. The van der Waals surface area contributed by atoms with Crippen LogP contribution in [-0.2, 0) is 12.6 Å². The predicted molar refractivity (Wildman–Crippen MR) is 54.8 cm³/mol. The Morgan fingerprint density at radius 3 is 2.57 bits per heavy atom. The zero-order chi connectivity index (χ0) is 10.5. The Hall–Kier alpha value is -0.830. The number of aryl methyl sites for hydroxylation is 2. The third-order valence-electron chi connectivity index (χ3n) is 3.72. The van der Waals surface area contributed by atoms with Crippen LogP contribution in [0.5, 0.6) is 0 Å². The highest BCUT2D eigenvalue weighted by molar-refractivity contribution is 5.28. The first-order valence-electron chi connectivity index (χ1n) is 5.18. The van der Waals surface area contributed by atoms with E-state index in [9.17, 15) is 5.11 Å². The molecule has 1 heterocycles. The van der Waals surface area contributed by atoms with Crippen molar-refractivity contribution in [2.75, 3.05) is 0 Å². The van der Waals surface area contributed by atoms with Crippen LogP contribution in [0.3, 0.4) is 0 Å². The van der Waals surface area contributed by atoms with Crippen LogP contribution in [0.1, 0.15) is 31.5 Å². The number of aromatic nitrogens is 2. The fourth-order valence-electron chi connectivity index (χ4n) is 2.54. The molecule has 0 amide bonds. The molecule has 14 heavy (non-hydrogen) atoms. The number of aliphatic hydroxyl groups is 1. The van der Waals surface area contributed by atoms with Crippen molar-refractivity contribution in [3.05, 3.63) is 17.5 Å². The summed E-state index contributed by atoms with van der Waals surface area (Å²) in [5.74, 6) is 0.949. The molecule has 0 bridgehead atoms. The van der Waals surface area contributed by atoms with Gasteiger partial charge in [-0.2, -0.15) is 5.10 Å². The Kier molecular flexibility index (Phi) is 1.96. The molecular weight excluding hydrogens is 176 g/mol. The Morgan fingerprint density at radius 2 is 2.21 bits per heavy atom. The van der Waals surface area contributed by atoms with E-state index in [1.165, 1.54) is 0 Å². The summed E-state index contributed by atoms with van der Waals surface area (Å²) in [4.78, 5) is 0. The minimum absolute atomic E-state index is 0.338. The number of hydrogen-bond acceptors (Lipinski definition) is 2. The van der Waals surface area contributed by atoms with Crippen LogP contribution in [0.4, 0.5) is 0 Å². The quantitative estimate of drug-likeness (QED) is 0.737. The van der Waals surface area contributed by atoms with Crippen LogP contribution in [0, 0.1) is 18.8 Å². The summed E-state index contributed by atoms with van der Waals surface area (Å²) in [5, 5.41) is 14.7. The Morgan fingerprint density at radius 1 is 1.57 bits per heavy atom. The molecule has 1 fully saturated rings. The monoisotopic (exact) mass is 194 g/mol. The highest BCUT2D eigenvalue weighted by Crippen LogP contribution is 2.50. The van der Waals surface area contributed by atoms with Gasteiger partial charge in [0.05, 0.1) is 11.3 Å². The molecule has 1 aromatic heterocycles. The van der Waals surface area contributed by atoms with E-state index in [-0.39, 0.29) is 0 Å². The zero-order valence-corrected chi connectivity index (χ0v) is 9.28. The van der Waals surface area contributed by atoms with Crippen molar-refractivity contribution in [1.82, 2.24) is 9.78 Å². The Labute approximate surface area is 84.7 Å². The lowest BCUT2D eigenvalue weighted by atomic mass is 9.60. The van der Waals surface area contributed by atoms with Gasteiger partial charge in [0.1, 0.15) is 0 Å². The van der Waals surface area contributed by atoms with Crippen molar-refractivity contribution in [3.8, 4) is 0 Å². The van der Waals surface area contributed by atoms with Gasteiger partial charge in [0.2, 0.25) is 0 Å². The van der Waals surface area contributed by atoms with Crippen molar-refractivity contribution < 1.29 is 5.11 Å². The summed E-state index contributed by atoms with van der Waals surface area (Å²) >= 11 is 0. The maximum atomic E-state index is 10.5. The first-order valence-corrected chi connectivity index (χ1v) is 5.18. The smallest absolute Gasteiger partial charge is 0.0960 e. The van der Waals surface area contributed by atoms with E-state index >= 15 is 0 Å². The minimum atomic E-state index is -0.627. The summed E-state index contributed by atoms with van der Waals surface area (Å²) in [6.45, 7) is 6.26. The summed E-state index contributed by atoms with van der Waals surface area (Å²) in [6, 6.07) is 0. The standard InChI is InChI=1S/C11H18N2O/c1-7-5-11(14,8(7)2)10-6-13(4)12-9(10)3/h6-8,14H,5H2,1-4H3. The van der Waals surface area contributed by atoms with Crippen molar-refractivity contribution in [1.29, 1.82) is 0 Å². The van der Waals surface area contributed by atoms with E-state index in [0.29, 0.717) is 11.8 Å². The second-order valence-electron chi connectivity index (χ2n) is 4.70. The van der Waals surface area contributed by atoms with Crippen molar-refractivity contribution in [3.63, 3.8) is 0 Å². The number of nitrogens with zero attached hydrogens (tertiary/aromatic N) is 2. The lowest BCUT2D eigenvalue weighted by Gasteiger charge is -2.49. The zero-order valence-electron chi connectivity index (χ0n) is 9.28. The van der Waals surface area contributed by atoms with Crippen molar-refractivity contribution >= 4 is 0 Å². The third kappa shape index (κ3) is 1.12. The van der Waals surface area contributed by atoms with Crippen molar-refractivity contribution in [2.24, 2.45) is 18.9 Å². The van der Waals surface area contributed by atoms with Gasteiger partial charge in [0.25, 0.3) is 0 Å². The molecule has 1 aliphatic rings. The molecule has 0 aliphatic heterocycles. The van der Waals surface area contributed by atoms with E-state index < -0.39 is 5.60 Å². The van der Waals surface area contributed by atoms with Gasteiger partial charge in [-0.05, 0) is 25.2 Å². The van der Waals surface area contributed by atoms with E-state index in [0.717, 1.165) is 17.7 Å². The highest BCUT2D eigenvalue weighted by atomic mass is 16.3. The maximum Gasteiger partial charge on any atom is 0.0960 e. The van der Waals surface area contributed by atoms with Gasteiger partial charge in [0, 0.05) is 18.8 Å². The van der Waals surface area contributed by atoms with Crippen LogP contribution in [0.2, 0.25) is 0 Å². The number of hydrogen-bond donors (Lipinski definition) is 1. The number of rotatable bonds is 1. The first-order chi connectivity index (χ1) is 6.45. The molecule has 1 aromatic rings. The van der Waals surface area contributed by atoms with Gasteiger partial charge in [0.15, 0.2) is 0 Å². The predicted octanol–water partition coefficient (Wildman–Crippen LogP) is 1.59. The average molecular weight is 194 g/mol. The molecular formula is C11H18N2O. The fourth-order valence-corrected chi connectivity index (χ4v) is 2.54. The summed E-state index contributed by atoms with van der Waals surface area (Å²) in [6.07, 6.45) is 2.80. The molecule has 0 radical (unpaired) electrons. The Balaban J connectivity index is 2.36. The summed E-state index contributed by atoms with van der Waals surface area (Å²) in [7, 11) is 1.90. The molecule has 3 unspecified atom stereocenters. The van der Waals surface area contributed by atoms with Crippen LogP contribution in [-0.4, -0.2) is 14.9 Å². The van der Waals surface area contributed by atoms with E-state index in [1.54, 1.807) is 4.68 Å². The lowest BCUT2D eigenvalue weighted by Crippen LogP contribution is -2.49. The molecule has 1 aliphatic carbocycles. The molecule has 1 N–H and O–H groups in total. The fraction of sp³-hybridized carbons (Fsp3) is 0.727. The minimum Gasteiger partial charge on any atom is -0.385 e. The molecule has 0 saturated heterocycles. The van der Waals surface area contributed by atoms with Crippen LogP contribution in [0.15, 0.2) is 6.20 Å². The molecule has 0 spiro atoms. The van der Waals surface area contributed by atoms with Crippen LogP contribution in [0.25, 0.3) is 0 Å². The first kappa shape index (κ1) is 9.71. The van der Waals surface area contributed by atoms with Gasteiger partial charge >= 0.3 is 0 Å². The third-order valence-corrected chi connectivity index (χ3v) is 3.72. The average Bonchev–Trinajstić information content (AvgIpc) is 2.45. The second kappa shape index (κ2) is 2.83. The van der Waals surface area contributed by atoms with E-state index in [1.807, 2.05) is 20.2 Å². The molecule has 1 saturated carbocycles. The molecule has 2 rings (SSSR count).